The van der Waals surface area contributed by atoms with Crippen molar-refractivity contribution in [2.24, 2.45) is 0 Å². The highest BCUT2D eigenvalue weighted by atomic mass is 16.5. The van der Waals surface area contributed by atoms with E-state index in [9.17, 15) is 0 Å². The Labute approximate surface area is 137 Å². The predicted molar refractivity (Wildman–Crippen MR) is 93.0 cm³/mol. The number of anilines is 1. The summed E-state index contributed by atoms with van der Waals surface area (Å²) >= 11 is 0. The van der Waals surface area contributed by atoms with Crippen LogP contribution in [0.1, 0.15) is 25.1 Å². The number of hydrogen-bond donors (Lipinski definition) is 0. The first-order valence-corrected chi connectivity index (χ1v) is 8.69. The number of hydrogen-bond acceptors (Lipinski definition) is 4. The highest BCUT2D eigenvalue weighted by Gasteiger charge is 2.24. The standard InChI is InChI=1S/C18H26N4O/c1-13(2)21-4-5-22-17(12-21)14(3)16-10-15(11-19-18(16)22)20-6-8-23-9-7-20/h10-11,13H,4-9,12H2,1-3H3. The summed E-state index contributed by atoms with van der Waals surface area (Å²) in [7, 11) is 0. The Morgan fingerprint density at radius 2 is 1.91 bits per heavy atom. The van der Waals surface area contributed by atoms with Crippen LogP contribution in [0, 0.1) is 6.92 Å². The van der Waals surface area contributed by atoms with Crippen LogP contribution < -0.4 is 4.90 Å². The fourth-order valence-corrected chi connectivity index (χ4v) is 3.80. The third kappa shape index (κ3) is 2.52. The summed E-state index contributed by atoms with van der Waals surface area (Å²) in [5.41, 5.74) is 5.21. The molecule has 2 aromatic heterocycles. The Morgan fingerprint density at radius 3 is 2.65 bits per heavy atom. The Hall–Kier alpha value is -1.59. The Morgan fingerprint density at radius 1 is 1.13 bits per heavy atom. The summed E-state index contributed by atoms with van der Waals surface area (Å²) in [6.45, 7) is 13.5. The minimum absolute atomic E-state index is 0.595. The van der Waals surface area contributed by atoms with Crippen molar-refractivity contribution in [1.29, 1.82) is 0 Å². The molecule has 124 valence electrons. The van der Waals surface area contributed by atoms with Crippen molar-refractivity contribution in [3.05, 3.63) is 23.5 Å². The van der Waals surface area contributed by atoms with Crippen molar-refractivity contribution in [2.75, 3.05) is 37.7 Å². The predicted octanol–water partition coefficient (Wildman–Crippen LogP) is 2.41. The molecule has 2 aliphatic heterocycles. The molecule has 23 heavy (non-hydrogen) atoms. The molecule has 0 spiro atoms. The van der Waals surface area contributed by atoms with Crippen molar-refractivity contribution in [3.8, 4) is 0 Å². The van der Waals surface area contributed by atoms with Gasteiger partial charge in [-0.15, -0.1) is 0 Å². The lowest BCUT2D eigenvalue weighted by Gasteiger charge is -2.32. The minimum Gasteiger partial charge on any atom is -0.378 e. The van der Waals surface area contributed by atoms with E-state index in [1.54, 1.807) is 0 Å². The van der Waals surface area contributed by atoms with Gasteiger partial charge in [0.05, 0.1) is 25.1 Å². The molecule has 2 aromatic rings. The molecule has 0 radical (unpaired) electrons. The molecular weight excluding hydrogens is 288 g/mol. The van der Waals surface area contributed by atoms with E-state index in [0.29, 0.717) is 6.04 Å². The molecule has 4 rings (SSSR count). The number of aryl methyl sites for hydroxylation is 1. The molecule has 0 saturated carbocycles. The van der Waals surface area contributed by atoms with Crippen LogP contribution in [0.2, 0.25) is 0 Å². The average molecular weight is 314 g/mol. The molecule has 0 N–H and O–H groups in total. The van der Waals surface area contributed by atoms with Gasteiger partial charge in [-0.05, 0) is 32.4 Å². The molecule has 0 bridgehead atoms. The molecule has 4 heterocycles. The van der Waals surface area contributed by atoms with E-state index in [0.717, 1.165) is 51.6 Å². The smallest absolute Gasteiger partial charge is 0.140 e. The molecule has 1 fully saturated rings. The average Bonchev–Trinajstić information content (AvgIpc) is 2.87. The number of aromatic nitrogens is 2. The fraction of sp³-hybridized carbons (Fsp3) is 0.611. The summed E-state index contributed by atoms with van der Waals surface area (Å²) in [5.74, 6) is 0. The van der Waals surface area contributed by atoms with Crippen LogP contribution in [0.3, 0.4) is 0 Å². The van der Waals surface area contributed by atoms with Crippen molar-refractivity contribution < 1.29 is 4.74 Å². The normalized spacial score (nSPS) is 19.6. The van der Waals surface area contributed by atoms with Crippen LogP contribution in [0.25, 0.3) is 11.0 Å². The largest absolute Gasteiger partial charge is 0.378 e. The maximum absolute atomic E-state index is 5.46. The molecule has 0 aliphatic carbocycles. The van der Waals surface area contributed by atoms with Crippen molar-refractivity contribution >= 4 is 16.7 Å². The number of rotatable bonds is 2. The second-order valence-corrected chi connectivity index (χ2v) is 6.95. The number of ether oxygens (including phenoxy) is 1. The Kier molecular flexibility index (Phi) is 3.77. The van der Waals surface area contributed by atoms with E-state index >= 15 is 0 Å². The second kappa shape index (κ2) is 5.80. The molecule has 5 nitrogen and oxygen atoms in total. The number of nitrogens with zero attached hydrogens (tertiary/aromatic N) is 4. The lowest BCUT2D eigenvalue weighted by Crippen LogP contribution is -2.38. The first-order valence-electron chi connectivity index (χ1n) is 8.69. The van der Waals surface area contributed by atoms with Gasteiger partial charge in [-0.1, -0.05) is 0 Å². The molecule has 0 atom stereocenters. The molecule has 1 saturated heterocycles. The molecular formula is C18H26N4O. The zero-order valence-electron chi connectivity index (χ0n) is 14.4. The summed E-state index contributed by atoms with van der Waals surface area (Å²) in [6.07, 6.45) is 2.04. The van der Waals surface area contributed by atoms with Crippen molar-refractivity contribution in [3.63, 3.8) is 0 Å². The van der Waals surface area contributed by atoms with Gasteiger partial charge in [-0.3, -0.25) is 4.90 Å². The molecule has 5 heteroatoms. The van der Waals surface area contributed by atoms with Crippen LogP contribution >= 0.6 is 0 Å². The number of fused-ring (bicyclic) bond motifs is 3. The van der Waals surface area contributed by atoms with E-state index in [1.807, 2.05) is 6.20 Å². The Balaban J connectivity index is 1.74. The summed E-state index contributed by atoms with van der Waals surface area (Å²) in [5, 5.41) is 1.31. The summed E-state index contributed by atoms with van der Waals surface area (Å²) in [4.78, 5) is 9.75. The SMILES string of the molecule is Cc1c2n(c3ncc(N4CCOCC4)cc13)CCN(C(C)C)C2. The van der Waals surface area contributed by atoms with Crippen LogP contribution in [0.4, 0.5) is 5.69 Å². The van der Waals surface area contributed by atoms with Gasteiger partial charge in [0.2, 0.25) is 0 Å². The van der Waals surface area contributed by atoms with E-state index < -0.39 is 0 Å². The number of pyridine rings is 1. The van der Waals surface area contributed by atoms with E-state index in [4.69, 9.17) is 9.72 Å². The third-order valence-corrected chi connectivity index (χ3v) is 5.34. The van der Waals surface area contributed by atoms with Gasteiger partial charge in [0, 0.05) is 49.8 Å². The van der Waals surface area contributed by atoms with Gasteiger partial charge in [-0.2, -0.15) is 0 Å². The highest BCUT2D eigenvalue weighted by Crippen LogP contribution is 2.31. The third-order valence-electron chi connectivity index (χ3n) is 5.34. The van der Waals surface area contributed by atoms with E-state index in [2.05, 4.69) is 41.2 Å². The van der Waals surface area contributed by atoms with Crippen LogP contribution in [-0.2, 0) is 17.8 Å². The Bertz CT molecular complexity index is 715. The zero-order valence-corrected chi connectivity index (χ0v) is 14.4. The van der Waals surface area contributed by atoms with Crippen LogP contribution in [-0.4, -0.2) is 53.3 Å². The maximum atomic E-state index is 5.46. The number of morpholine rings is 1. The van der Waals surface area contributed by atoms with Crippen molar-refractivity contribution in [1.82, 2.24) is 14.5 Å². The first-order chi connectivity index (χ1) is 11.1. The highest BCUT2D eigenvalue weighted by molar-refractivity contribution is 5.85. The molecule has 2 aliphatic rings. The summed E-state index contributed by atoms with van der Waals surface area (Å²) < 4.78 is 7.88. The molecule has 0 aromatic carbocycles. The monoisotopic (exact) mass is 314 g/mol. The van der Waals surface area contributed by atoms with Gasteiger partial charge in [0.15, 0.2) is 0 Å². The minimum atomic E-state index is 0.595. The molecule has 0 unspecified atom stereocenters. The van der Waals surface area contributed by atoms with Crippen molar-refractivity contribution in [2.45, 2.75) is 39.9 Å². The van der Waals surface area contributed by atoms with E-state index in [1.165, 1.54) is 22.3 Å². The van der Waals surface area contributed by atoms with E-state index in [-0.39, 0.29) is 0 Å². The fourth-order valence-electron chi connectivity index (χ4n) is 3.80. The van der Waals surface area contributed by atoms with Gasteiger partial charge < -0.3 is 14.2 Å². The van der Waals surface area contributed by atoms with Gasteiger partial charge in [0.1, 0.15) is 5.65 Å². The van der Waals surface area contributed by atoms with Gasteiger partial charge in [-0.25, -0.2) is 4.98 Å². The second-order valence-electron chi connectivity index (χ2n) is 6.95. The van der Waals surface area contributed by atoms with Crippen LogP contribution in [0.15, 0.2) is 12.3 Å². The zero-order chi connectivity index (χ0) is 16.0. The molecule has 0 amide bonds. The summed E-state index contributed by atoms with van der Waals surface area (Å²) in [6, 6.07) is 2.92. The first kappa shape index (κ1) is 15.0. The maximum Gasteiger partial charge on any atom is 0.140 e. The lowest BCUT2D eigenvalue weighted by atomic mass is 10.1. The quantitative estimate of drug-likeness (QED) is 0.852. The van der Waals surface area contributed by atoms with Crippen LogP contribution in [0.5, 0.6) is 0 Å². The lowest BCUT2D eigenvalue weighted by molar-refractivity contribution is 0.122. The van der Waals surface area contributed by atoms with Gasteiger partial charge in [0.25, 0.3) is 0 Å². The van der Waals surface area contributed by atoms with Gasteiger partial charge >= 0.3 is 0 Å². The topological polar surface area (TPSA) is 33.5 Å².